The van der Waals surface area contributed by atoms with Crippen LogP contribution in [0, 0.1) is 5.92 Å². The standard InChI is InChI=1S/C16H31N3/c1-7-8-9-10-13-14(17)19(11-12(2)3)15(18-13)16(4,5)6/h12H,7-11,17H2,1-6H3. The van der Waals surface area contributed by atoms with Gasteiger partial charge in [-0.3, -0.25) is 0 Å². The average molecular weight is 265 g/mol. The van der Waals surface area contributed by atoms with Crippen LogP contribution in [0.5, 0.6) is 0 Å². The van der Waals surface area contributed by atoms with E-state index in [1.807, 2.05) is 0 Å². The van der Waals surface area contributed by atoms with E-state index in [1.54, 1.807) is 0 Å². The molecule has 0 bridgehead atoms. The molecule has 0 aliphatic heterocycles. The summed E-state index contributed by atoms with van der Waals surface area (Å²) in [7, 11) is 0. The first kappa shape index (κ1) is 16.1. The number of anilines is 1. The molecular weight excluding hydrogens is 234 g/mol. The molecule has 2 N–H and O–H groups in total. The molecular formula is C16H31N3. The Bertz CT molecular complexity index is 397. The lowest BCUT2D eigenvalue weighted by molar-refractivity contribution is 0.454. The lowest BCUT2D eigenvalue weighted by atomic mass is 9.95. The van der Waals surface area contributed by atoms with Gasteiger partial charge in [-0.15, -0.1) is 0 Å². The summed E-state index contributed by atoms with van der Waals surface area (Å²) in [4.78, 5) is 4.84. The third kappa shape index (κ3) is 4.26. The van der Waals surface area contributed by atoms with Gasteiger partial charge in [0.25, 0.3) is 0 Å². The van der Waals surface area contributed by atoms with E-state index >= 15 is 0 Å². The second kappa shape index (κ2) is 6.44. The van der Waals surface area contributed by atoms with E-state index in [0.717, 1.165) is 30.3 Å². The van der Waals surface area contributed by atoms with Gasteiger partial charge in [-0.05, 0) is 18.8 Å². The molecule has 0 fully saturated rings. The van der Waals surface area contributed by atoms with Gasteiger partial charge in [0, 0.05) is 12.0 Å². The molecule has 1 aromatic rings. The lowest BCUT2D eigenvalue weighted by Crippen LogP contribution is -2.21. The minimum Gasteiger partial charge on any atom is -0.384 e. The van der Waals surface area contributed by atoms with Gasteiger partial charge < -0.3 is 10.3 Å². The SMILES string of the molecule is CCCCCc1nc(C(C)(C)C)n(CC(C)C)c1N. The summed E-state index contributed by atoms with van der Waals surface area (Å²) in [5.74, 6) is 2.60. The third-order valence-corrected chi connectivity index (χ3v) is 3.32. The van der Waals surface area contributed by atoms with Crippen LogP contribution >= 0.6 is 0 Å². The number of hydrogen-bond acceptors (Lipinski definition) is 2. The van der Waals surface area contributed by atoms with Gasteiger partial charge in [-0.1, -0.05) is 54.4 Å². The minimum absolute atomic E-state index is 0.0476. The van der Waals surface area contributed by atoms with Gasteiger partial charge in [0.15, 0.2) is 0 Å². The Morgan fingerprint density at radius 3 is 2.32 bits per heavy atom. The van der Waals surface area contributed by atoms with Crippen molar-refractivity contribution in [1.29, 1.82) is 0 Å². The van der Waals surface area contributed by atoms with Crippen molar-refractivity contribution >= 4 is 5.82 Å². The van der Waals surface area contributed by atoms with Crippen LogP contribution in [0.2, 0.25) is 0 Å². The zero-order valence-electron chi connectivity index (χ0n) is 13.6. The maximum absolute atomic E-state index is 6.33. The van der Waals surface area contributed by atoms with E-state index in [1.165, 1.54) is 19.3 Å². The fraction of sp³-hybridized carbons (Fsp3) is 0.812. The molecule has 0 aromatic carbocycles. The Balaban J connectivity index is 3.04. The third-order valence-electron chi connectivity index (χ3n) is 3.32. The minimum atomic E-state index is 0.0476. The smallest absolute Gasteiger partial charge is 0.126 e. The number of imidazole rings is 1. The monoisotopic (exact) mass is 265 g/mol. The van der Waals surface area contributed by atoms with Crippen molar-refractivity contribution < 1.29 is 0 Å². The Morgan fingerprint density at radius 1 is 1.21 bits per heavy atom. The highest BCUT2D eigenvalue weighted by Gasteiger charge is 2.24. The van der Waals surface area contributed by atoms with Crippen LogP contribution in [0.25, 0.3) is 0 Å². The van der Waals surface area contributed by atoms with Crippen molar-refractivity contribution in [3.8, 4) is 0 Å². The van der Waals surface area contributed by atoms with Crippen molar-refractivity contribution in [1.82, 2.24) is 9.55 Å². The number of unbranched alkanes of at least 4 members (excludes halogenated alkanes) is 2. The van der Waals surface area contributed by atoms with Gasteiger partial charge >= 0.3 is 0 Å². The van der Waals surface area contributed by atoms with Crippen molar-refractivity contribution in [2.75, 3.05) is 5.73 Å². The Morgan fingerprint density at radius 2 is 1.84 bits per heavy atom. The zero-order chi connectivity index (χ0) is 14.6. The van der Waals surface area contributed by atoms with Gasteiger partial charge in [-0.25, -0.2) is 4.98 Å². The summed E-state index contributed by atoms with van der Waals surface area (Å²) >= 11 is 0. The number of hydrogen-bond donors (Lipinski definition) is 1. The number of nitrogen functional groups attached to an aromatic ring is 1. The molecule has 1 rings (SSSR count). The first-order chi connectivity index (χ1) is 8.77. The molecule has 0 spiro atoms. The molecule has 0 atom stereocenters. The molecule has 0 saturated heterocycles. The lowest BCUT2D eigenvalue weighted by Gasteiger charge is -2.21. The summed E-state index contributed by atoms with van der Waals surface area (Å²) in [6.45, 7) is 14.3. The van der Waals surface area contributed by atoms with Crippen LogP contribution in [0.15, 0.2) is 0 Å². The molecule has 0 amide bonds. The molecule has 0 radical (unpaired) electrons. The number of rotatable bonds is 6. The molecule has 3 heteroatoms. The van der Waals surface area contributed by atoms with Gasteiger partial charge in [-0.2, -0.15) is 0 Å². The second-order valence-corrected chi connectivity index (χ2v) is 6.98. The van der Waals surface area contributed by atoms with Gasteiger partial charge in [0.1, 0.15) is 11.6 Å². The fourth-order valence-electron chi connectivity index (χ4n) is 2.36. The molecule has 110 valence electrons. The molecule has 1 aromatic heterocycles. The first-order valence-corrected chi connectivity index (χ1v) is 7.62. The number of nitrogens with two attached hydrogens (primary N) is 1. The normalized spacial score (nSPS) is 12.4. The topological polar surface area (TPSA) is 43.8 Å². The highest BCUT2D eigenvalue weighted by atomic mass is 15.2. The number of aryl methyl sites for hydroxylation is 1. The van der Waals surface area contributed by atoms with Crippen LogP contribution in [0.1, 0.15) is 72.3 Å². The number of aromatic nitrogens is 2. The van der Waals surface area contributed by atoms with Crippen LogP contribution in [0.3, 0.4) is 0 Å². The van der Waals surface area contributed by atoms with Gasteiger partial charge in [0.2, 0.25) is 0 Å². The van der Waals surface area contributed by atoms with E-state index < -0.39 is 0 Å². The predicted molar refractivity (Wildman–Crippen MR) is 83.4 cm³/mol. The quantitative estimate of drug-likeness (QED) is 0.785. The second-order valence-electron chi connectivity index (χ2n) is 6.98. The van der Waals surface area contributed by atoms with E-state index in [2.05, 4.69) is 46.1 Å². The molecule has 0 saturated carbocycles. The fourth-order valence-corrected chi connectivity index (χ4v) is 2.36. The summed E-state index contributed by atoms with van der Waals surface area (Å²) in [5.41, 5.74) is 7.48. The molecule has 0 aliphatic rings. The van der Waals surface area contributed by atoms with Crippen molar-refractivity contribution in [2.45, 2.75) is 79.2 Å². The van der Waals surface area contributed by atoms with E-state index in [0.29, 0.717) is 5.92 Å². The van der Waals surface area contributed by atoms with E-state index in [4.69, 9.17) is 10.7 Å². The van der Waals surface area contributed by atoms with Crippen LogP contribution in [-0.4, -0.2) is 9.55 Å². The summed E-state index contributed by atoms with van der Waals surface area (Å²) in [5, 5.41) is 0. The summed E-state index contributed by atoms with van der Waals surface area (Å²) in [6.07, 6.45) is 4.68. The average Bonchev–Trinajstić information content (AvgIpc) is 2.57. The van der Waals surface area contributed by atoms with Crippen LogP contribution < -0.4 is 5.73 Å². The predicted octanol–water partition coefficient (Wildman–Crippen LogP) is 4.15. The van der Waals surface area contributed by atoms with E-state index in [-0.39, 0.29) is 5.41 Å². The Hall–Kier alpha value is -0.990. The molecule has 1 heterocycles. The first-order valence-electron chi connectivity index (χ1n) is 7.62. The molecule has 0 unspecified atom stereocenters. The summed E-state index contributed by atoms with van der Waals surface area (Å²) < 4.78 is 2.23. The maximum Gasteiger partial charge on any atom is 0.126 e. The van der Waals surface area contributed by atoms with Crippen LogP contribution in [0.4, 0.5) is 5.82 Å². The molecule has 19 heavy (non-hydrogen) atoms. The van der Waals surface area contributed by atoms with Crippen molar-refractivity contribution in [3.05, 3.63) is 11.5 Å². The molecule has 0 aliphatic carbocycles. The van der Waals surface area contributed by atoms with Crippen molar-refractivity contribution in [2.24, 2.45) is 5.92 Å². The molecule has 3 nitrogen and oxygen atoms in total. The van der Waals surface area contributed by atoms with E-state index in [9.17, 15) is 0 Å². The maximum atomic E-state index is 6.33. The van der Waals surface area contributed by atoms with Gasteiger partial charge in [0.05, 0.1) is 5.69 Å². The number of nitrogens with zero attached hydrogens (tertiary/aromatic N) is 2. The highest BCUT2D eigenvalue weighted by molar-refractivity contribution is 5.40. The Kier molecular flexibility index (Phi) is 5.45. The van der Waals surface area contributed by atoms with Crippen LogP contribution in [-0.2, 0) is 18.4 Å². The largest absolute Gasteiger partial charge is 0.384 e. The highest BCUT2D eigenvalue weighted by Crippen LogP contribution is 2.27. The Labute approximate surface area is 118 Å². The summed E-state index contributed by atoms with van der Waals surface area (Å²) in [6, 6.07) is 0. The zero-order valence-corrected chi connectivity index (χ0v) is 13.6. The van der Waals surface area contributed by atoms with Crippen molar-refractivity contribution in [3.63, 3.8) is 0 Å².